The predicted octanol–water partition coefficient (Wildman–Crippen LogP) is 3.20. The molecule has 0 spiro atoms. The van der Waals surface area contributed by atoms with Crippen molar-refractivity contribution in [2.24, 2.45) is 0 Å². The maximum absolute atomic E-state index is 13.2. The van der Waals surface area contributed by atoms with Crippen molar-refractivity contribution in [3.05, 3.63) is 35.4 Å². The first-order valence-corrected chi connectivity index (χ1v) is 6.48. The van der Waals surface area contributed by atoms with Crippen LogP contribution in [0.5, 0.6) is 0 Å². The molecule has 19 heavy (non-hydrogen) atoms. The zero-order valence-corrected chi connectivity index (χ0v) is 11.7. The number of carbonyl (C=O) groups excluding carboxylic acids is 1. The van der Waals surface area contributed by atoms with Gasteiger partial charge in [0.05, 0.1) is 0 Å². The Morgan fingerprint density at radius 2 is 1.95 bits per heavy atom. The predicted molar refractivity (Wildman–Crippen MR) is 72.2 cm³/mol. The molecule has 0 radical (unpaired) electrons. The van der Waals surface area contributed by atoms with Gasteiger partial charge >= 0.3 is 0 Å². The quantitative estimate of drug-likeness (QED) is 0.770. The summed E-state index contributed by atoms with van der Waals surface area (Å²) < 4.78 is 26.1. The Hall–Kier alpha value is -1.29. The minimum atomic E-state index is -0.825. The Kier molecular flexibility index (Phi) is 5.60. The molecule has 106 valence electrons. The number of rotatable bonds is 7. The molecule has 1 aromatic carbocycles. The molecule has 0 aliphatic rings. The van der Waals surface area contributed by atoms with E-state index >= 15 is 0 Å². The first kappa shape index (κ1) is 15.8. The average molecular weight is 269 g/mol. The minimum Gasteiger partial charge on any atom is -0.316 e. The number of nitrogens with one attached hydrogen (secondary N) is 1. The minimum absolute atomic E-state index is 0.182. The van der Waals surface area contributed by atoms with Crippen molar-refractivity contribution in [3.8, 4) is 0 Å². The SMILES string of the molecule is CC(=O)CCCNCC(C)(C)c1ccc(F)c(F)c1. The van der Waals surface area contributed by atoms with Gasteiger partial charge in [-0.2, -0.15) is 0 Å². The topological polar surface area (TPSA) is 29.1 Å². The van der Waals surface area contributed by atoms with Crippen LogP contribution in [0.3, 0.4) is 0 Å². The summed E-state index contributed by atoms with van der Waals surface area (Å²) >= 11 is 0. The average Bonchev–Trinajstić information content (AvgIpc) is 2.31. The fraction of sp³-hybridized carbons (Fsp3) is 0.533. The molecule has 0 heterocycles. The Morgan fingerprint density at radius 3 is 2.53 bits per heavy atom. The van der Waals surface area contributed by atoms with E-state index in [1.54, 1.807) is 13.0 Å². The normalized spacial score (nSPS) is 11.6. The molecule has 0 saturated carbocycles. The molecule has 2 nitrogen and oxygen atoms in total. The molecule has 0 saturated heterocycles. The first-order valence-electron chi connectivity index (χ1n) is 6.48. The molecule has 0 unspecified atom stereocenters. The fourth-order valence-corrected chi connectivity index (χ4v) is 1.88. The second-order valence-electron chi connectivity index (χ2n) is 5.50. The first-order chi connectivity index (χ1) is 8.83. The largest absolute Gasteiger partial charge is 0.316 e. The molecule has 1 rings (SSSR count). The molecular weight excluding hydrogens is 248 g/mol. The van der Waals surface area contributed by atoms with Gasteiger partial charge in [-0.3, -0.25) is 0 Å². The molecule has 0 aliphatic heterocycles. The second kappa shape index (κ2) is 6.75. The van der Waals surface area contributed by atoms with Crippen molar-refractivity contribution in [1.29, 1.82) is 0 Å². The van der Waals surface area contributed by atoms with Crippen molar-refractivity contribution in [2.45, 2.75) is 39.0 Å². The molecule has 0 fully saturated rings. The smallest absolute Gasteiger partial charge is 0.159 e. The van der Waals surface area contributed by atoms with Gasteiger partial charge in [0, 0.05) is 18.4 Å². The molecule has 0 aromatic heterocycles. The van der Waals surface area contributed by atoms with Crippen LogP contribution in [0.1, 0.15) is 39.2 Å². The Morgan fingerprint density at radius 1 is 1.26 bits per heavy atom. The van der Waals surface area contributed by atoms with Crippen molar-refractivity contribution >= 4 is 5.78 Å². The number of Topliss-reactive ketones (excluding diaryl/α,β-unsaturated/α-hetero) is 1. The van der Waals surface area contributed by atoms with Crippen LogP contribution in [-0.4, -0.2) is 18.9 Å². The lowest BCUT2D eigenvalue weighted by Gasteiger charge is -2.26. The molecule has 1 N–H and O–H groups in total. The number of benzene rings is 1. The highest BCUT2D eigenvalue weighted by Crippen LogP contribution is 2.23. The van der Waals surface area contributed by atoms with Gasteiger partial charge in [0.25, 0.3) is 0 Å². The summed E-state index contributed by atoms with van der Waals surface area (Å²) in [7, 11) is 0. The van der Waals surface area contributed by atoms with Crippen LogP contribution in [0, 0.1) is 11.6 Å². The van der Waals surface area contributed by atoms with Crippen LogP contribution in [-0.2, 0) is 10.2 Å². The van der Waals surface area contributed by atoms with Crippen LogP contribution in [0.2, 0.25) is 0 Å². The van der Waals surface area contributed by atoms with E-state index in [1.165, 1.54) is 6.07 Å². The number of carbonyl (C=O) groups is 1. The summed E-state index contributed by atoms with van der Waals surface area (Å²) in [5, 5.41) is 3.25. The highest BCUT2D eigenvalue weighted by molar-refractivity contribution is 5.75. The Labute approximate surface area is 113 Å². The molecule has 1 aromatic rings. The van der Waals surface area contributed by atoms with Crippen molar-refractivity contribution < 1.29 is 13.6 Å². The number of hydrogen-bond acceptors (Lipinski definition) is 2. The standard InChI is InChI=1S/C15H21F2NO/c1-11(19)5-4-8-18-10-15(2,3)12-6-7-13(16)14(17)9-12/h6-7,9,18H,4-5,8,10H2,1-3H3. The third-order valence-electron chi connectivity index (χ3n) is 3.15. The van der Waals surface area contributed by atoms with Crippen molar-refractivity contribution in [2.75, 3.05) is 13.1 Å². The summed E-state index contributed by atoms with van der Waals surface area (Å²) in [6.07, 6.45) is 1.36. The van der Waals surface area contributed by atoms with Crippen LogP contribution in [0.4, 0.5) is 8.78 Å². The molecular formula is C15H21F2NO. The lowest BCUT2D eigenvalue weighted by molar-refractivity contribution is -0.117. The van der Waals surface area contributed by atoms with Crippen LogP contribution < -0.4 is 5.32 Å². The Balaban J connectivity index is 2.50. The van der Waals surface area contributed by atoms with E-state index < -0.39 is 11.6 Å². The number of ketones is 1. The van der Waals surface area contributed by atoms with E-state index in [4.69, 9.17) is 0 Å². The maximum atomic E-state index is 13.2. The van der Waals surface area contributed by atoms with Gasteiger partial charge in [0.2, 0.25) is 0 Å². The highest BCUT2D eigenvalue weighted by atomic mass is 19.2. The van der Waals surface area contributed by atoms with Gasteiger partial charge in [-0.1, -0.05) is 19.9 Å². The monoisotopic (exact) mass is 269 g/mol. The molecule has 4 heteroatoms. The van der Waals surface area contributed by atoms with Gasteiger partial charge in [-0.05, 0) is 37.6 Å². The zero-order valence-electron chi connectivity index (χ0n) is 11.7. The fourth-order valence-electron chi connectivity index (χ4n) is 1.88. The molecule has 0 aliphatic carbocycles. The molecule has 0 atom stereocenters. The lowest BCUT2D eigenvalue weighted by atomic mass is 9.84. The van der Waals surface area contributed by atoms with E-state index in [-0.39, 0.29) is 11.2 Å². The molecule has 0 bridgehead atoms. The zero-order chi connectivity index (χ0) is 14.5. The van der Waals surface area contributed by atoms with E-state index in [0.717, 1.165) is 24.6 Å². The van der Waals surface area contributed by atoms with Gasteiger partial charge in [0.15, 0.2) is 11.6 Å². The number of hydrogen-bond donors (Lipinski definition) is 1. The van der Waals surface area contributed by atoms with Crippen LogP contribution >= 0.6 is 0 Å². The third kappa shape index (κ3) is 5.07. The summed E-state index contributed by atoms with van der Waals surface area (Å²) in [4.78, 5) is 10.8. The summed E-state index contributed by atoms with van der Waals surface area (Å²) in [5.74, 6) is -1.46. The number of halogens is 2. The maximum Gasteiger partial charge on any atom is 0.159 e. The van der Waals surface area contributed by atoms with Crippen molar-refractivity contribution in [1.82, 2.24) is 5.32 Å². The van der Waals surface area contributed by atoms with Gasteiger partial charge < -0.3 is 10.1 Å². The van der Waals surface area contributed by atoms with E-state index in [1.807, 2.05) is 13.8 Å². The summed E-state index contributed by atoms with van der Waals surface area (Å²) in [6.45, 7) is 6.91. The van der Waals surface area contributed by atoms with Gasteiger partial charge in [-0.25, -0.2) is 8.78 Å². The van der Waals surface area contributed by atoms with E-state index in [2.05, 4.69) is 5.32 Å². The molecule has 0 amide bonds. The van der Waals surface area contributed by atoms with Crippen LogP contribution in [0.15, 0.2) is 18.2 Å². The van der Waals surface area contributed by atoms with Crippen molar-refractivity contribution in [3.63, 3.8) is 0 Å². The van der Waals surface area contributed by atoms with E-state index in [9.17, 15) is 13.6 Å². The lowest BCUT2D eigenvalue weighted by Crippen LogP contribution is -2.33. The summed E-state index contributed by atoms with van der Waals surface area (Å²) in [5.41, 5.74) is 0.468. The third-order valence-corrected chi connectivity index (χ3v) is 3.15. The summed E-state index contributed by atoms with van der Waals surface area (Å²) in [6, 6.07) is 4.00. The van der Waals surface area contributed by atoms with Gasteiger partial charge in [-0.15, -0.1) is 0 Å². The Bertz CT molecular complexity index is 444. The second-order valence-corrected chi connectivity index (χ2v) is 5.50. The van der Waals surface area contributed by atoms with Crippen LogP contribution in [0.25, 0.3) is 0 Å². The van der Waals surface area contributed by atoms with Gasteiger partial charge in [0.1, 0.15) is 5.78 Å². The van der Waals surface area contributed by atoms with E-state index in [0.29, 0.717) is 13.0 Å². The highest BCUT2D eigenvalue weighted by Gasteiger charge is 2.21.